The van der Waals surface area contributed by atoms with Crippen molar-refractivity contribution in [3.05, 3.63) is 70.0 Å². The molecule has 0 bridgehead atoms. The number of rotatable bonds is 4. The highest BCUT2D eigenvalue weighted by molar-refractivity contribution is 6.30. The molecule has 1 amide bonds. The van der Waals surface area contributed by atoms with Crippen molar-refractivity contribution in [3.8, 4) is 5.75 Å². The van der Waals surface area contributed by atoms with Crippen molar-refractivity contribution >= 4 is 23.6 Å². The number of halogens is 5. The Labute approximate surface area is 170 Å². The summed E-state index contributed by atoms with van der Waals surface area (Å²) < 4.78 is 59.1. The molecule has 8 heteroatoms. The first kappa shape index (κ1) is 21.2. The molecule has 1 aliphatic rings. The molecule has 1 fully saturated rings. The zero-order valence-electron chi connectivity index (χ0n) is 15.5. The molecule has 0 aromatic heterocycles. The summed E-state index contributed by atoms with van der Waals surface area (Å²) in [6, 6.07) is 6.92. The standard InChI is InChI=1S/C21H18ClF4NO2/c1-29-14-6-7-16(21(24,25)26)15(12-14)19-3-2-10-27(19)20(28)9-5-13-4-8-17(22)18(23)11-13/h4-9,11-12,19H,2-3,10H2,1H3/b9-5+. The molecule has 1 heterocycles. The van der Waals surface area contributed by atoms with E-state index in [2.05, 4.69) is 0 Å². The molecule has 2 aromatic carbocycles. The van der Waals surface area contributed by atoms with Crippen LogP contribution in [-0.4, -0.2) is 24.5 Å². The molecule has 2 aromatic rings. The third kappa shape index (κ3) is 4.72. The van der Waals surface area contributed by atoms with E-state index in [4.69, 9.17) is 16.3 Å². The summed E-state index contributed by atoms with van der Waals surface area (Å²) in [5.41, 5.74) is -0.353. The molecular formula is C21H18ClF4NO2. The summed E-state index contributed by atoms with van der Waals surface area (Å²) in [7, 11) is 1.37. The molecule has 154 valence electrons. The monoisotopic (exact) mass is 427 g/mol. The third-order valence-electron chi connectivity index (χ3n) is 4.82. The minimum atomic E-state index is -4.55. The molecule has 0 radical (unpaired) electrons. The second kappa shape index (κ2) is 8.45. The topological polar surface area (TPSA) is 29.5 Å². The van der Waals surface area contributed by atoms with Gasteiger partial charge in [0.1, 0.15) is 11.6 Å². The zero-order valence-corrected chi connectivity index (χ0v) is 16.2. The van der Waals surface area contributed by atoms with Crippen molar-refractivity contribution in [1.29, 1.82) is 0 Å². The summed E-state index contributed by atoms with van der Waals surface area (Å²) in [6.07, 6.45) is -0.920. The van der Waals surface area contributed by atoms with Crippen molar-refractivity contribution in [1.82, 2.24) is 4.90 Å². The number of benzene rings is 2. The lowest BCUT2D eigenvalue weighted by atomic mass is 9.97. The highest BCUT2D eigenvalue weighted by Gasteiger charge is 2.39. The minimum absolute atomic E-state index is 0.00800. The summed E-state index contributed by atoms with van der Waals surface area (Å²) in [5.74, 6) is -0.773. The van der Waals surface area contributed by atoms with Crippen LogP contribution in [0.5, 0.6) is 5.75 Å². The lowest BCUT2D eigenvalue weighted by Crippen LogP contribution is -2.30. The zero-order chi connectivity index (χ0) is 21.2. The summed E-state index contributed by atoms with van der Waals surface area (Å²) in [5, 5.41) is -0.0363. The van der Waals surface area contributed by atoms with E-state index < -0.39 is 29.5 Å². The molecule has 0 saturated carbocycles. The summed E-state index contributed by atoms with van der Waals surface area (Å²) in [4.78, 5) is 14.1. The molecule has 0 aliphatic carbocycles. The van der Waals surface area contributed by atoms with Gasteiger partial charge in [-0.2, -0.15) is 13.2 Å². The average molecular weight is 428 g/mol. The van der Waals surface area contributed by atoms with Gasteiger partial charge >= 0.3 is 6.18 Å². The number of methoxy groups -OCH3 is 1. The van der Waals surface area contributed by atoms with Crippen molar-refractivity contribution in [2.75, 3.05) is 13.7 Å². The Morgan fingerprint density at radius 2 is 2.00 bits per heavy atom. The van der Waals surface area contributed by atoms with Crippen LogP contribution in [0.25, 0.3) is 6.08 Å². The SMILES string of the molecule is COc1ccc(C(F)(F)F)c(C2CCCN2C(=O)/C=C/c2ccc(Cl)c(F)c2)c1. The van der Waals surface area contributed by atoms with Crippen LogP contribution in [0.15, 0.2) is 42.5 Å². The van der Waals surface area contributed by atoms with Gasteiger partial charge in [-0.05, 0) is 60.4 Å². The molecule has 1 saturated heterocycles. The Morgan fingerprint density at radius 3 is 2.66 bits per heavy atom. The van der Waals surface area contributed by atoms with E-state index >= 15 is 0 Å². The predicted octanol–water partition coefficient (Wildman–Crippen LogP) is 5.88. The Bertz CT molecular complexity index is 943. The Morgan fingerprint density at radius 1 is 1.24 bits per heavy atom. The van der Waals surface area contributed by atoms with E-state index in [0.717, 1.165) is 6.07 Å². The van der Waals surface area contributed by atoms with Gasteiger partial charge in [0.15, 0.2) is 0 Å². The largest absolute Gasteiger partial charge is 0.497 e. The van der Waals surface area contributed by atoms with E-state index in [1.807, 2.05) is 0 Å². The maximum atomic E-state index is 13.5. The molecule has 1 atom stereocenters. The lowest BCUT2D eigenvalue weighted by molar-refractivity contribution is -0.139. The Balaban J connectivity index is 1.89. The van der Waals surface area contributed by atoms with E-state index in [9.17, 15) is 22.4 Å². The Kier molecular flexibility index (Phi) is 6.17. The summed E-state index contributed by atoms with van der Waals surface area (Å²) in [6.45, 7) is 0.331. The first-order valence-corrected chi connectivity index (χ1v) is 9.27. The maximum absolute atomic E-state index is 13.5. The van der Waals surface area contributed by atoms with Gasteiger partial charge in [0, 0.05) is 12.6 Å². The number of carbonyl (C=O) groups is 1. The molecule has 1 aliphatic heterocycles. The van der Waals surface area contributed by atoms with Gasteiger partial charge in [0.2, 0.25) is 5.91 Å². The first-order chi connectivity index (χ1) is 13.7. The van der Waals surface area contributed by atoms with Gasteiger partial charge in [-0.1, -0.05) is 17.7 Å². The molecule has 0 N–H and O–H groups in total. The number of hydrogen-bond acceptors (Lipinski definition) is 2. The maximum Gasteiger partial charge on any atom is 0.416 e. The molecule has 3 rings (SSSR count). The van der Waals surface area contributed by atoms with Gasteiger partial charge < -0.3 is 9.64 Å². The summed E-state index contributed by atoms with van der Waals surface area (Å²) >= 11 is 5.63. The van der Waals surface area contributed by atoms with Crippen molar-refractivity contribution in [3.63, 3.8) is 0 Å². The second-order valence-electron chi connectivity index (χ2n) is 6.65. The van der Waals surface area contributed by atoms with Gasteiger partial charge in [-0.15, -0.1) is 0 Å². The van der Waals surface area contributed by atoms with E-state index in [1.165, 1.54) is 48.4 Å². The molecule has 0 spiro atoms. The van der Waals surface area contributed by atoms with Gasteiger partial charge in [0.05, 0.1) is 23.7 Å². The predicted molar refractivity (Wildman–Crippen MR) is 102 cm³/mol. The van der Waals surface area contributed by atoms with Crippen LogP contribution in [0.2, 0.25) is 5.02 Å². The highest BCUT2D eigenvalue weighted by atomic mass is 35.5. The number of hydrogen-bond donors (Lipinski definition) is 0. The number of likely N-dealkylation sites (tertiary alicyclic amines) is 1. The molecule has 29 heavy (non-hydrogen) atoms. The highest BCUT2D eigenvalue weighted by Crippen LogP contribution is 2.42. The van der Waals surface area contributed by atoms with Crippen LogP contribution in [0.3, 0.4) is 0 Å². The molecule has 3 nitrogen and oxygen atoms in total. The quantitative estimate of drug-likeness (QED) is 0.450. The lowest BCUT2D eigenvalue weighted by Gasteiger charge is -2.27. The van der Waals surface area contributed by atoms with Crippen LogP contribution in [0.1, 0.15) is 35.6 Å². The van der Waals surface area contributed by atoms with Crippen LogP contribution in [0.4, 0.5) is 17.6 Å². The number of nitrogens with zero attached hydrogens (tertiary/aromatic N) is 1. The fraction of sp³-hybridized carbons (Fsp3) is 0.286. The van der Waals surface area contributed by atoms with Crippen molar-refractivity contribution in [2.24, 2.45) is 0 Å². The number of alkyl halides is 3. The van der Waals surface area contributed by atoms with Gasteiger partial charge in [-0.25, -0.2) is 4.39 Å². The normalized spacial score (nSPS) is 17.2. The van der Waals surface area contributed by atoms with Gasteiger partial charge in [0.25, 0.3) is 0 Å². The average Bonchev–Trinajstić information content (AvgIpc) is 3.17. The number of amides is 1. The molecule has 1 unspecified atom stereocenters. The van der Waals surface area contributed by atoms with Crippen molar-refractivity contribution in [2.45, 2.75) is 25.1 Å². The second-order valence-corrected chi connectivity index (χ2v) is 7.05. The van der Waals surface area contributed by atoms with Crippen LogP contribution in [-0.2, 0) is 11.0 Å². The first-order valence-electron chi connectivity index (χ1n) is 8.89. The van der Waals surface area contributed by atoms with Gasteiger partial charge in [-0.3, -0.25) is 4.79 Å². The van der Waals surface area contributed by atoms with E-state index in [1.54, 1.807) is 6.07 Å². The molecular weight excluding hydrogens is 410 g/mol. The fourth-order valence-electron chi connectivity index (χ4n) is 3.43. The van der Waals surface area contributed by atoms with E-state index in [0.29, 0.717) is 30.7 Å². The number of carbonyl (C=O) groups excluding carboxylic acids is 1. The Hall–Kier alpha value is -2.54. The third-order valence-corrected chi connectivity index (χ3v) is 5.13. The fourth-order valence-corrected chi connectivity index (χ4v) is 3.55. The van der Waals surface area contributed by atoms with Crippen LogP contribution >= 0.6 is 11.6 Å². The van der Waals surface area contributed by atoms with Crippen molar-refractivity contribution < 1.29 is 27.1 Å². The van der Waals surface area contributed by atoms with E-state index in [-0.39, 0.29) is 10.6 Å². The smallest absolute Gasteiger partial charge is 0.416 e. The van der Waals surface area contributed by atoms with Crippen LogP contribution in [0, 0.1) is 5.82 Å². The number of ether oxygens (including phenoxy) is 1. The van der Waals surface area contributed by atoms with Crippen LogP contribution < -0.4 is 4.74 Å². The minimum Gasteiger partial charge on any atom is -0.497 e.